The van der Waals surface area contributed by atoms with E-state index in [9.17, 15) is 29.4 Å². The van der Waals surface area contributed by atoms with Gasteiger partial charge < -0.3 is 14.9 Å². The average molecular weight is 625 g/mol. The van der Waals surface area contributed by atoms with E-state index in [0.29, 0.717) is 32.1 Å². The third-order valence-corrected chi connectivity index (χ3v) is 15.7. The quantitative estimate of drug-likeness (QED) is 0.306. The molecule has 0 heterocycles. The second-order valence-corrected chi connectivity index (χ2v) is 18.2. The number of carbonyl (C=O) groups is 4. The lowest BCUT2D eigenvalue weighted by Crippen LogP contribution is -2.66. The smallest absolute Gasteiger partial charge is 0.310 e. The van der Waals surface area contributed by atoms with Gasteiger partial charge in [-0.1, -0.05) is 60.0 Å². The molecule has 0 aromatic rings. The molecule has 0 aliphatic heterocycles. The maximum absolute atomic E-state index is 14.6. The normalized spacial score (nSPS) is 48.9. The van der Waals surface area contributed by atoms with E-state index in [1.165, 1.54) is 5.57 Å². The molecule has 6 rings (SSSR count). The Hall–Kier alpha value is -2.18. The molecule has 6 aliphatic rings. The highest BCUT2D eigenvalue weighted by Crippen LogP contribution is 2.75. The van der Waals surface area contributed by atoms with Crippen molar-refractivity contribution in [2.75, 3.05) is 0 Å². The molecule has 5 saturated carbocycles. The highest BCUT2D eigenvalue weighted by Gasteiger charge is 2.70. The van der Waals surface area contributed by atoms with E-state index in [2.05, 4.69) is 41.5 Å². The fourth-order valence-electron chi connectivity index (χ4n) is 12.5. The predicted molar refractivity (Wildman–Crippen MR) is 170 cm³/mol. The maximum atomic E-state index is 14.6. The molecule has 7 heteroatoms. The fourth-order valence-corrected chi connectivity index (χ4v) is 12.5. The van der Waals surface area contributed by atoms with Gasteiger partial charge in [0, 0.05) is 11.3 Å². The molecular formula is C38H56O7. The van der Waals surface area contributed by atoms with Crippen LogP contribution in [0, 0.1) is 62.1 Å². The van der Waals surface area contributed by atoms with Crippen LogP contribution in [-0.2, 0) is 23.9 Å². The fraction of sp³-hybridized carbons (Fsp3) is 0.842. The summed E-state index contributed by atoms with van der Waals surface area (Å²) in [6.45, 7) is 15.7. The number of hydrogen-bond acceptors (Lipinski definition) is 5. The third-order valence-electron chi connectivity index (χ3n) is 15.7. The molecule has 7 nitrogen and oxygen atoms in total. The molecule has 0 bridgehead atoms. The van der Waals surface area contributed by atoms with Gasteiger partial charge in [-0.2, -0.15) is 0 Å². The molecule has 0 spiro atoms. The molecule has 0 radical (unpaired) electrons. The van der Waals surface area contributed by atoms with E-state index in [1.807, 2.05) is 13.0 Å². The zero-order valence-electron chi connectivity index (χ0n) is 28.7. The minimum atomic E-state index is -0.903. The van der Waals surface area contributed by atoms with Gasteiger partial charge in [-0.3, -0.25) is 19.2 Å². The Morgan fingerprint density at radius 3 is 2.09 bits per heavy atom. The van der Waals surface area contributed by atoms with E-state index in [1.54, 1.807) is 0 Å². The molecular weight excluding hydrogens is 568 g/mol. The first kappa shape index (κ1) is 32.7. The summed E-state index contributed by atoms with van der Waals surface area (Å²) < 4.78 is 6.28. The Morgan fingerprint density at radius 1 is 0.800 bits per heavy atom. The summed E-state index contributed by atoms with van der Waals surface area (Å²) in [5, 5.41) is 20.0. The average Bonchev–Trinajstić information content (AvgIpc) is 2.96. The van der Waals surface area contributed by atoms with Crippen molar-refractivity contribution < 1.29 is 34.1 Å². The summed E-state index contributed by atoms with van der Waals surface area (Å²) in [4.78, 5) is 52.4. The molecule has 45 heavy (non-hydrogen) atoms. The van der Waals surface area contributed by atoms with Gasteiger partial charge in [0.25, 0.3) is 0 Å². The van der Waals surface area contributed by atoms with Crippen molar-refractivity contribution in [1.29, 1.82) is 0 Å². The number of hydrogen-bond donors (Lipinski definition) is 2. The molecule has 0 amide bonds. The van der Waals surface area contributed by atoms with E-state index in [4.69, 9.17) is 4.74 Å². The number of esters is 1. The zero-order chi connectivity index (χ0) is 33.0. The van der Waals surface area contributed by atoms with Crippen LogP contribution in [0.1, 0.15) is 132 Å². The Morgan fingerprint density at radius 2 is 1.44 bits per heavy atom. The summed E-state index contributed by atoms with van der Waals surface area (Å²) in [7, 11) is 0. The number of allylic oxidation sites excluding steroid dienone is 2. The first-order valence-corrected chi connectivity index (χ1v) is 17.8. The summed E-state index contributed by atoms with van der Waals surface area (Å²) in [5.74, 6) is -2.91. The molecule has 11 atom stereocenters. The number of aliphatic carboxylic acids is 2. The summed E-state index contributed by atoms with van der Waals surface area (Å²) in [6.07, 6.45) is 12.0. The number of carbonyl (C=O) groups excluding carboxylic acids is 2. The van der Waals surface area contributed by atoms with Gasteiger partial charge in [-0.05, 0) is 117 Å². The van der Waals surface area contributed by atoms with Crippen LogP contribution in [0.25, 0.3) is 0 Å². The molecule has 6 aliphatic carbocycles. The molecule has 250 valence electrons. The number of ketones is 1. The Balaban J connectivity index is 1.30. The van der Waals surface area contributed by atoms with Gasteiger partial charge in [0.15, 0.2) is 5.78 Å². The first-order valence-electron chi connectivity index (χ1n) is 17.8. The van der Waals surface area contributed by atoms with Gasteiger partial charge in [-0.15, -0.1) is 0 Å². The number of ether oxygens (including phenoxy) is 1. The SMILES string of the molecule is CC1(C)[C@@H](OC(=O)[C@@H]2CCCC[C@@H]2C(=O)O)CC[C@]2(C)[C@H]3C(=O)C=C4[C@@H]5C[C@](C)(C(=O)O)CC[C@]5(C)CC[C@@]4(C)[C@]3(C)CC[C@@H]12. The van der Waals surface area contributed by atoms with Gasteiger partial charge in [0.2, 0.25) is 0 Å². The lowest BCUT2D eigenvalue weighted by molar-refractivity contribution is -0.213. The Labute approximate surface area is 269 Å². The lowest BCUT2D eigenvalue weighted by atomic mass is 9.33. The number of carboxylic acids is 2. The van der Waals surface area contributed by atoms with Gasteiger partial charge in [-0.25, -0.2) is 0 Å². The molecule has 0 unspecified atom stereocenters. The number of rotatable bonds is 4. The van der Waals surface area contributed by atoms with Crippen LogP contribution in [-0.4, -0.2) is 40.0 Å². The predicted octanol–water partition coefficient (Wildman–Crippen LogP) is 7.85. The number of carboxylic acid groups (broad SMARTS) is 2. The van der Waals surface area contributed by atoms with Crippen molar-refractivity contribution in [1.82, 2.24) is 0 Å². The van der Waals surface area contributed by atoms with Crippen LogP contribution in [0.3, 0.4) is 0 Å². The summed E-state index contributed by atoms with van der Waals surface area (Å²) >= 11 is 0. The standard InChI is InChI=1S/C38H56O7/c1-33(2)27-12-15-38(7)29(36(27,5)14-13-28(33)45-31(42)23-11-9-8-10-22(23)30(40)41)26(39)20-24-25-21-35(4,32(43)44)17-16-34(25,3)18-19-37(24,38)6/h20,22-23,25,27-29H,8-19,21H2,1-7H3,(H,40,41)(H,43,44)/t22-,23+,25-,27-,28-,29+,34+,35+,36-,37+,38+/m0/s1. The van der Waals surface area contributed by atoms with Crippen molar-refractivity contribution in [3.8, 4) is 0 Å². The highest BCUT2D eigenvalue weighted by molar-refractivity contribution is 5.95. The van der Waals surface area contributed by atoms with Crippen molar-refractivity contribution in [3.63, 3.8) is 0 Å². The van der Waals surface area contributed by atoms with Crippen molar-refractivity contribution in [3.05, 3.63) is 11.6 Å². The molecule has 2 N–H and O–H groups in total. The molecule has 5 fully saturated rings. The minimum Gasteiger partial charge on any atom is -0.481 e. The first-order chi connectivity index (χ1) is 20.8. The van der Waals surface area contributed by atoms with Gasteiger partial charge >= 0.3 is 17.9 Å². The van der Waals surface area contributed by atoms with Crippen LogP contribution in [0.4, 0.5) is 0 Å². The second kappa shape index (κ2) is 10.4. The van der Waals surface area contributed by atoms with Crippen LogP contribution >= 0.6 is 0 Å². The summed E-state index contributed by atoms with van der Waals surface area (Å²) in [5.41, 5.74) is -0.576. The van der Waals surface area contributed by atoms with Gasteiger partial charge in [0.05, 0.1) is 17.3 Å². The highest BCUT2D eigenvalue weighted by atomic mass is 16.5. The molecule has 0 aromatic carbocycles. The number of fused-ring (bicyclic) bond motifs is 7. The van der Waals surface area contributed by atoms with E-state index in [-0.39, 0.29) is 62.7 Å². The van der Waals surface area contributed by atoms with Crippen molar-refractivity contribution in [2.45, 2.75) is 138 Å². The third kappa shape index (κ3) is 4.54. The van der Waals surface area contributed by atoms with Crippen LogP contribution < -0.4 is 0 Å². The van der Waals surface area contributed by atoms with Crippen LogP contribution in [0.15, 0.2) is 11.6 Å². The van der Waals surface area contributed by atoms with E-state index >= 15 is 0 Å². The van der Waals surface area contributed by atoms with Crippen molar-refractivity contribution >= 4 is 23.7 Å². The molecule has 0 saturated heterocycles. The Kier molecular flexibility index (Phi) is 7.58. The molecule has 0 aromatic heterocycles. The monoisotopic (exact) mass is 624 g/mol. The van der Waals surface area contributed by atoms with Crippen molar-refractivity contribution in [2.24, 2.45) is 62.1 Å². The second-order valence-electron chi connectivity index (χ2n) is 18.2. The maximum Gasteiger partial charge on any atom is 0.310 e. The van der Waals surface area contributed by atoms with E-state index < -0.39 is 29.2 Å². The summed E-state index contributed by atoms with van der Waals surface area (Å²) in [6, 6.07) is 0. The lowest BCUT2D eigenvalue weighted by Gasteiger charge is -2.70. The van der Waals surface area contributed by atoms with E-state index in [0.717, 1.165) is 51.4 Å². The van der Waals surface area contributed by atoms with Crippen LogP contribution in [0.5, 0.6) is 0 Å². The zero-order valence-corrected chi connectivity index (χ0v) is 28.7. The topological polar surface area (TPSA) is 118 Å². The largest absolute Gasteiger partial charge is 0.481 e. The van der Waals surface area contributed by atoms with Crippen LogP contribution in [0.2, 0.25) is 0 Å². The minimum absolute atomic E-state index is 0.0206. The Bertz CT molecular complexity index is 1330. The van der Waals surface area contributed by atoms with Gasteiger partial charge in [0.1, 0.15) is 6.10 Å².